The molecule has 1 aromatic heterocycles. The number of hydrogen-bond donors (Lipinski definition) is 2. The Labute approximate surface area is 127 Å². The van der Waals surface area contributed by atoms with E-state index in [0.29, 0.717) is 11.3 Å². The Hall–Kier alpha value is -1.86. The van der Waals surface area contributed by atoms with E-state index in [1.165, 1.54) is 5.38 Å². The van der Waals surface area contributed by atoms with Crippen LogP contribution in [0, 0.1) is 20.8 Å². The molecule has 0 aliphatic heterocycles. The van der Waals surface area contributed by atoms with Gasteiger partial charge in [-0.2, -0.15) is 0 Å². The number of benzene rings is 1. The average molecular weight is 325 g/mol. The first-order valence-corrected chi connectivity index (χ1v) is 8.50. The van der Waals surface area contributed by atoms with Gasteiger partial charge < -0.3 is 5.11 Å². The molecule has 2 N–H and O–H groups in total. The highest BCUT2D eigenvalue weighted by Gasteiger charge is 2.27. The summed E-state index contributed by atoms with van der Waals surface area (Å²) in [5.41, 5.74) is 2.65. The summed E-state index contributed by atoms with van der Waals surface area (Å²) < 4.78 is 27.5. The third kappa shape index (κ3) is 2.93. The van der Waals surface area contributed by atoms with E-state index in [1.54, 1.807) is 19.1 Å². The van der Waals surface area contributed by atoms with Gasteiger partial charge in [0.2, 0.25) is 0 Å². The van der Waals surface area contributed by atoms with E-state index in [9.17, 15) is 13.2 Å². The van der Waals surface area contributed by atoms with Crippen molar-refractivity contribution in [3.05, 3.63) is 45.1 Å². The van der Waals surface area contributed by atoms with Gasteiger partial charge in [0.05, 0.1) is 5.69 Å². The van der Waals surface area contributed by atoms with E-state index in [2.05, 4.69) is 4.72 Å². The number of rotatable bonds is 4. The fraction of sp³-hybridized carbons (Fsp3) is 0.214. The highest BCUT2D eigenvalue weighted by atomic mass is 32.2. The van der Waals surface area contributed by atoms with Crippen LogP contribution in [0.5, 0.6) is 0 Å². The van der Waals surface area contributed by atoms with Crippen LogP contribution in [0.4, 0.5) is 5.69 Å². The summed E-state index contributed by atoms with van der Waals surface area (Å²) >= 11 is 0.910. The van der Waals surface area contributed by atoms with Gasteiger partial charge in [-0.05, 0) is 48.9 Å². The number of nitrogens with one attached hydrogen (secondary N) is 1. The number of anilines is 1. The molecule has 7 heteroatoms. The number of hydrogen-bond acceptors (Lipinski definition) is 4. The highest BCUT2D eigenvalue weighted by Crippen LogP contribution is 2.29. The Bertz CT molecular complexity index is 806. The van der Waals surface area contributed by atoms with Crippen LogP contribution in [0.25, 0.3) is 0 Å². The van der Waals surface area contributed by atoms with Crippen molar-refractivity contribution in [2.45, 2.75) is 25.7 Å². The topological polar surface area (TPSA) is 83.5 Å². The van der Waals surface area contributed by atoms with Gasteiger partial charge >= 0.3 is 5.97 Å². The smallest absolute Gasteiger partial charge is 0.347 e. The second kappa shape index (κ2) is 5.50. The Kier molecular flexibility index (Phi) is 4.06. The number of aromatic carboxylic acids is 1. The van der Waals surface area contributed by atoms with Gasteiger partial charge in [-0.1, -0.05) is 12.1 Å². The fourth-order valence-electron chi connectivity index (χ4n) is 1.97. The number of carboxylic acids is 1. The molecule has 1 heterocycles. The summed E-state index contributed by atoms with van der Waals surface area (Å²) in [7, 11) is -3.94. The fourth-order valence-corrected chi connectivity index (χ4v) is 4.73. The van der Waals surface area contributed by atoms with E-state index < -0.39 is 16.0 Å². The zero-order valence-electron chi connectivity index (χ0n) is 11.8. The number of aryl methyl sites for hydroxylation is 2. The quantitative estimate of drug-likeness (QED) is 0.904. The van der Waals surface area contributed by atoms with Crippen LogP contribution < -0.4 is 4.72 Å². The number of sulfonamides is 1. The van der Waals surface area contributed by atoms with Crippen molar-refractivity contribution in [2.75, 3.05) is 4.72 Å². The predicted molar refractivity (Wildman–Crippen MR) is 82.7 cm³/mol. The molecule has 0 aliphatic carbocycles. The van der Waals surface area contributed by atoms with Crippen LogP contribution in [-0.4, -0.2) is 19.5 Å². The first kappa shape index (κ1) is 15.5. The standard InChI is InChI=1S/C14H15NO4S2/c1-8-5-4-6-11(10(8)3)15-21(18,19)13-9(2)7-20-12(13)14(16)17/h4-7,15H,1-3H3,(H,16,17). The molecule has 0 radical (unpaired) electrons. The Morgan fingerprint density at radius 1 is 1.19 bits per heavy atom. The summed E-state index contributed by atoms with van der Waals surface area (Å²) in [5.74, 6) is -1.24. The van der Waals surface area contributed by atoms with Crippen molar-refractivity contribution in [1.29, 1.82) is 0 Å². The molecule has 0 saturated carbocycles. The molecule has 0 fully saturated rings. The zero-order chi connectivity index (χ0) is 15.8. The third-order valence-corrected chi connectivity index (χ3v) is 6.00. The summed E-state index contributed by atoms with van der Waals surface area (Å²) in [5, 5.41) is 10.7. The van der Waals surface area contributed by atoms with Gasteiger partial charge in [0.25, 0.3) is 10.0 Å². The molecule has 2 aromatic rings. The zero-order valence-corrected chi connectivity index (χ0v) is 13.4. The monoisotopic (exact) mass is 325 g/mol. The first-order valence-electron chi connectivity index (χ1n) is 6.14. The lowest BCUT2D eigenvalue weighted by Crippen LogP contribution is -2.17. The minimum atomic E-state index is -3.94. The summed E-state index contributed by atoms with van der Waals surface area (Å²) in [6.45, 7) is 5.28. The predicted octanol–water partition coefficient (Wildman–Crippen LogP) is 3.17. The molecule has 5 nitrogen and oxygen atoms in total. The molecule has 0 spiro atoms. The molecular formula is C14H15NO4S2. The lowest BCUT2D eigenvalue weighted by molar-refractivity contribution is 0.0698. The van der Waals surface area contributed by atoms with Gasteiger partial charge in [-0.25, -0.2) is 13.2 Å². The molecule has 0 atom stereocenters. The molecule has 0 saturated heterocycles. The summed E-state index contributed by atoms with van der Waals surface area (Å²) in [4.78, 5) is 10.8. The molecule has 1 aromatic carbocycles. The third-order valence-electron chi connectivity index (χ3n) is 3.23. The SMILES string of the molecule is Cc1cccc(NS(=O)(=O)c2c(C)csc2C(=O)O)c1C. The Morgan fingerprint density at radius 2 is 1.86 bits per heavy atom. The van der Waals surface area contributed by atoms with Gasteiger partial charge in [0, 0.05) is 0 Å². The Balaban J connectivity index is 2.51. The molecule has 0 bridgehead atoms. The van der Waals surface area contributed by atoms with Gasteiger partial charge in [0.1, 0.15) is 9.77 Å². The minimum absolute atomic E-state index is 0.166. The van der Waals surface area contributed by atoms with Crippen LogP contribution in [0.3, 0.4) is 0 Å². The van der Waals surface area contributed by atoms with Crippen molar-refractivity contribution in [3.8, 4) is 0 Å². The molecule has 0 amide bonds. The van der Waals surface area contributed by atoms with E-state index in [0.717, 1.165) is 22.5 Å². The molecule has 2 rings (SSSR count). The van der Waals surface area contributed by atoms with Crippen molar-refractivity contribution in [2.24, 2.45) is 0 Å². The molecule has 0 unspecified atom stereocenters. The average Bonchev–Trinajstić information content (AvgIpc) is 2.78. The van der Waals surface area contributed by atoms with Gasteiger partial charge in [-0.15, -0.1) is 11.3 Å². The summed E-state index contributed by atoms with van der Waals surface area (Å²) in [6.07, 6.45) is 0. The van der Waals surface area contributed by atoms with Crippen LogP contribution >= 0.6 is 11.3 Å². The van der Waals surface area contributed by atoms with E-state index in [4.69, 9.17) is 5.11 Å². The van der Waals surface area contributed by atoms with Crippen LogP contribution in [0.2, 0.25) is 0 Å². The second-order valence-electron chi connectivity index (χ2n) is 4.74. The van der Waals surface area contributed by atoms with Crippen LogP contribution in [0.1, 0.15) is 26.4 Å². The lowest BCUT2D eigenvalue weighted by atomic mass is 10.1. The number of carboxylic acid groups (broad SMARTS) is 1. The van der Waals surface area contributed by atoms with E-state index >= 15 is 0 Å². The largest absolute Gasteiger partial charge is 0.477 e. The number of carbonyl (C=O) groups is 1. The summed E-state index contributed by atoms with van der Waals surface area (Å²) in [6, 6.07) is 5.28. The minimum Gasteiger partial charge on any atom is -0.477 e. The molecule has 21 heavy (non-hydrogen) atoms. The molecule has 0 aliphatic rings. The molecule has 112 valence electrons. The Morgan fingerprint density at radius 3 is 2.48 bits per heavy atom. The van der Waals surface area contributed by atoms with Crippen molar-refractivity contribution >= 4 is 33.0 Å². The van der Waals surface area contributed by atoms with Crippen molar-refractivity contribution in [1.82, 2.24) is 0 Å². The highest BCUT2D eigenvalue weighted by molar-refractivity contribution is 7.93. The van der Waals surface area contributed by atoms with Crippen molar-refractivity contribution < 1.29 is 18.3 Å². The normalized spacial score (nSPS) is 11.4. The lowest BCUT2D eigenvalue weighted by Gasteiger charge is -2.12. The van der Waals surface area contributed by atoms with Crippen molar-refractivity contribution in [3.63, 3.8) is 0 Å². The van der Waals surface area contributed by atoms with Crippen LogP contribution in [0.15, 0.2) is 28.5 Å². The maximum absolute atomic E-state index is 12.5. The maximum Gasteiger partial charge on any atom is 0.347 e. The molecular weight excluding hydrogens is 310 g/mol. The van der Waals surface area contributed by atoms with E-state index in [-0.39, 0.29) is 9.77 Å². The van der Waals surface area contributed by atoms with Crippen LogP contribution in [-0.2, 0) is 10.0 Å². The van der Waals surface area contributed by atoms with E-state index in [1.807, 2.05) is 19.9 Å². The van der Waals surface area contributed by atoms with Gasteiger partial charge in [0.15, 0.2) is 0 Å². The first-order chi connectivity index (χ1) is 9.74. The van der Waals surface area contributed by atoms with Gasteiger partial charge in [-0.3, -0.25) is 4.72 Å². The second-order valence-corrected chi connectivity index (χ2v) is 7.23. The maximum atomic E-state index is 12.5. The number of thiophene rings is 1.